The third kappa shape index (κ3) is 5.79. The number of aliphatic hydroxyl groups excluding tert-OH is 1. The molecule has 0 aliphatic heterocycles. The highest BCUT2D eigenvalue weighted by Gasteiger charge is 2.31. The molecule has 1 N–H and O–H groups in total. The van der Waals surface area contributed by atoms with Crippen molar-refractivity contribution in [2.75, 3.05) is 11.9 Å². The monoisotopic (exact) mass is 526 g/mol. The van der Waals surface area contributed by atoms with Crippen LogP contribution >= 0.6 is 0 Å². The molecular weight excluding hydrogens is 492 g/mol. The fourth-order valence-corrected chi connectivity index (χ4v) is 5.15. The number of oxime groups is 1. The molecule has 0 radical (unpaired) electrons. The van der Waals surface area contributed by atoms with Crippen LogP contribution in [0, 0.1) is 28.6 Å². The van der Waals surface area contributed by atoms with Crippen LogP contribution in [0.25, 0.3) is 11.0 Å². The number of anilines is 1. The summed E-state index contributed by atoms with van der Waals surface area (Å²) in [5.41, 5.74) is 3.65. The molecule has 0 saturated heterocycles. The van der Waals surface area contributed by atoms with Crippen molar-refractivity contribution in [3.05, 3.63) is 69.1 Å². The van der Waals surface area contributed by atoms with Gasteiger partial charge in [-0.2, -0.15) is 10.5 Å². The molecular formula is C30H34N6O3. The van der Waals surface area contributed by atoms with E-state index in [1.54, 1.807) is 19.2 Å². The van der Waals surface area contributed by atoms with Gasteiger partial charge in [0, 0.05) is 26.1 Å². The molecule has 202 valence electrons. The summed E-state index contributed by atoms with van der Waals surface area (Å²) in [4.78, 5) is 25.4. The molecule has 1 aliphatic carbocycles. The summed E-state index contributed by atoms with van der Waals surface area (Å²) >= 11 is 0. The lowest BCUT2D eigenvalue weighted by Crippen LogP contribution is -2.39. The fraction of sp³-hybridized carbons (Fsp3) is 0.433. The van der Waals surface area contributed by atoms with E-state index in [2.05, 4.69) is 22.3 Å². The Morgan fingerprint density at radius 2 is 1.79 bits per heavy atom. The highest BCUT2D eigenvalue weighted by molar-refractivity contribution is 6.02. The molecule has 3 aromatic rings. The Labute approximate surface area is 228 Å². The lowest BCUT2D eigenvalue weighted by atomic mass is 9.80. The van der Waals surface area contributed by atoms with E-state index in [0.717, 1.165) is 42.5 Å². The van der Waals surface area contributed by atoms with Crippen molar-refractivity contribution in [1.82, 2.24) is 9.55 Å². The van der Waals surface area contributed by atoms with E-state index in [0.29, 0.717) is 16.7 Å². The summed E-state index contributed by atoms with van der Waals surface area (Å²) in [5.74, 6) is 0.163. The first-order valence-electron chi connectivity index (χ1n) is 13.1. The Morgan fingerprint density at radius 3 is 2.36 bits per heavy atom. The van der Waals surface area contributed by atoms with Gasteiger partial charge in [0.2, 0.25) is 0 Å². The van der Waals surface area contributed by atoms with E-state index in [9.17, 15) is 20.4 Å². The molecule has 0 unspecified atom stereocenters. The van der Waals surface area contributed by atoms with Gasteiger partial charge in [0.25, 0.3) is 5.56 Å². The molecule has 1 aliphatic rings. The number of aromatic nitrogens is 2. The van der Waals surface area contributed by atoms with Gasteiger partial charge in [0.15, 0.2) is 0 Å². The lowest BCUT2D eigenvalue weighted by molar-refractivity contribution is -0.0000292. The molecule has 0 amide bonds. The number of hydrogen-bond acceptors (Lipinski definition) is 8. The zero-order valence-electron chi connectivity index (χ0n) is 23.1. The number of pyridine rings is 2. The predicted octanol–water partition coefficient (Wildman–Crippen LogP) is 4.38. The maximum Gasteiger partial charge on any atom is 0.270 e. The van der Waals surface area contributed by atoms with Crippen molar-refractivity contribution in [3.8, 4) is 12.1 Å². The first-order valence-corrected chi connectivity index (χ1v) is 13.1. The first kappa shape index (κ1) is 27.8. The van der Waals surface area contributed by atoms with Crippen LogP contribution in [0.4, 0.5) is 5.69 Å². The standard InChI is InChI=1S/C30H34N6O3/c1-30(2,3)39-34-26(20-8-6-19(18-37)7-9-20)21-10-13-23(14-11-21)35(4)28-24(17-32)29(38)36(5)25-15-12-22(16-31)33-27(25)28/h6-9,12,15,21,23,37H,10-11,13-14,18H2,1-5H3. The van der Waals surface area contributed by atoms with Crippen molar-refractivity contribution >= 4 is 22.4 Å². The minimum absolute atomic E-state index is 0.0185. The number of aliphatic hydroxyl groups is 1. The molecule has 4 rings (SSSR count). The van der Waals surface area contributed by atoms with Crippen molar-refractivity contribution in [1.29, 1.82) is 10.5 Å². The van der Waals surface area contributed by atoms with Crippen LogP contribution in [0.3, 0.4) is 0 Å². The maximum atomic E-state index is 13.0. The number of nitrogens with zero attached hydrogens (tertiary/aromatic N) is 6. The Balaban J connectivity index is 1.65. The van der Waals surface area contributed by atoms with Crippen LogP contribution < -0.4 is 10.5 Å². The largest absolute Gasteiger partial charge is 0.392 e. The highest BCUT2D eigenvalue weighted by Crippen LogP contribution is 2.35. The third-order valence-electron chi connectivity index (χ3n) is 7.28. The highest BCUT2D eigenvalue weighted by atomic mass is 16.6. The molecule has 1 fully saturated rings. The number of aryl methyl sites for hydroxylation is 1. The summed E-state index contributed by atoms with van der Waals surface area (Å²) < 4.78 is 1.41. The number of nitriles is 2. The molecule has 9 nitrogen and oxygen atoms in total. The first-order chi connectivity index (χ1) is 18.6. The molecule has 39 heavy (non-hydrogen) atoms. The molecule has 0 spiro atoms. The summed E-state index contributed by atoms with van der Waals surface area (Å²) in [6.45, 7) is 5.86. The van der Waals surface area contributed by atoms with E-state index in [-0.39, 0.29) is 35.4 Å². The molecule has 1 aromatic carbocycles. The van der Waals surface area contributed by atoms with Crippen LogP contribution in [0.1, 0.15) is 68.8 Å². The van der Waals surface area contributed by atoms with E-state index in [1.165, 1.54) is 4.57 Å². The zero-order valence-corrected chi connectivity index (χ0v) is 23.1. The van der Waals surface area contributed by atoms with Gasteiger partial charge in [-0.05, 0) is 69.7 Å². The van der Waals surface area contributed by atoms with Gasteiger partial charge < -0.3 is 19.4 Å². The van der Waals surface area contributed by atoms with Gasteiger partial charge in [-0.25, -0.2) is 4.98 Å². The van der Waals surface area contributed by atoms with E-state index in [1.807, 2.05) is 57.0 Å². The SMILES string of the molecule is CN(c1c(C#N)c(=O)n(C)c2ccc(C#N)nc12)C1CCC(C(=NOC(C)(C)C)c2ccc(CO)cc2)CC1. The maximum absolute atomic E-state index is 13.0. The van der Waals surface area contributed by atoms with Crippen LogP contribution in [0.15, 0.2) is 46.3 Å². The minimum atomic E-state index is -0.433. The van der Waals surface area contributed by atoms with Crippen LogP contribution in [-0.4, -0.2) is 39.1 Å². The predicted molar refractivity (Wildman–Crippen MR) is 150 cm³/mol. The number of benzene rings is 1. The molecule has 2 aromatic heterocycles. The fourth-order valence-electron chi connectivity index (χ4n) is 5.15. The number of fused-ring (bicyclic) bond motifs is 1. The second-order valence-electron chi connectivity index (χ2n) is 11.0. The Morgan fingerprint density at radius 1 is 1.13 bits per heavy atom. The second kappa shape index (κ2) is 11.3. The van der Waals surface area contributed by atoms with Gasteiger partial charge in [-0.1, -0.05) is 29.4 Å². The van der Waals surface area contributed by atoms with Crippen molar-refractivity contribution in [2.24, 2.45) is 18.1 Å². The average Bonchev–Trinajstić information content (AvgIpc) is 2.94. The molecule has 0 atom stereocenters. The second-order valence-corrected chi connectivity index (χ2v) is 11.0. The van der Waals surface area contributed by atoms with Crippen LogP contribution in [0.5, 0.6) is 0 Å². The molecule has 0 bridgehead atoms. The van der Waals surface area contributed by atoms with Gasteiger partial charge in [-0.3, -0.25) is 4.79 Å². The normalized spacial score (nSPS) is 17.9. The van der Waals surface area contributed by atoms with E-state index < -0.39 is 5.60 Å². The van der Waals surface area contributed by atoms with Gasteiger partial charge in [-0.15, -0.1) is 0 Å². The Hall–Kier alpha value is -4.21. The van der Waals surface area contributed by atoms with Crippen molar-refractivity contribution in [3.63, 3.8) is 0 Å². The molecule has 2 heterocycles. The number of hydrogen-bond donors (Lipinski definition) is 1. The van der Waals surface area contributed by atoms with Crippen molar-refractivity contribution in [2.45, 2.75) is 64.7 Å². The van der Waals surface area contributed by atoms with Gasteiger partial charge in [0.1, 0.15) is 34.5 Å². The Bertz CT molecular complexity index is 1530. The summed E-state index contributed by atoms with van der Waals surface area (Å²) in [7, 11) is 3.51. The number of rotatable bonds is 6. The minimum Gasteiger partial charge on any atom is -0.392 e. The summed E-state index contributed by atoms with van der Waals surface area (Å²) in [6.07, 6.45) is 3.29. The topological polar surface area (TPSA) is 128 Å². The quantitative estimate of drug-likeness (QED) is 0.373. The summed E-state index contributed by atoms with van der Waals surface area (Å²) in [5, 5.41) is 33.4. The van der Waals surface area contributed by atoms with Gasteiger partial charge >= 0.3 is 0 Å². The lowest BCUT2D eigenvalue weighted by Gasteiger charge is -2.37. The van der Waals surface area contributed by atoms with E-state index >= 15 is 0 Å². The van der Waals surface area contributed by atoms with Crippen LogP contribution in [0.2, 0.25) is 0 Å². The zero-order chi connectivity index (χ0) is 28.3. The van der Waals surface area contributed by atoms with Gasteiger partial charge in [0.05, 0.1) is 23.5 Å². The van der Waals surface area contributed by atoms with Crippen LogP contribution in [-0.2, 0) is 18.5 Å². The smallest absolute Gasteiger partial charge is 0.270 e. The summed E-state index contributed by atoms with van der Waals surface area (Å²) in [6, 6.07) is 15.2. The van der Waals surface area contributed by atoms with Crippen molar-refractivity contribution < 1.29 is 9.94 Å². The molecule has 1 saturated carbocycles. The van der Waals surface area contributed by atoms with E-state index in [4.69, 9.17) is 4.84 Å². The Kier molecular flexibility index (Phi) is 8.03. The third-order valence-corrected chi connectivity index (χ3v) is 7.28. The molecule has 9 heteroatoms. The average molecular weight is 527 g/mol.